The van der Waals surface area contributed by atoms with Crippen LogP contribution in [0.5, 0.6) is 0 Å². The van der Waals surface area contributed by atoms with Crippen molar-refractivity contribution in [3.05, 3.63) is 474 Å². The van der Waals surface area contributed by atoms with E-state index < -0.39 is 0 Å². The lowest BCUT2D eigenvalue weighted by Crippen LogP contribution is -2.14. The van der Waals surface area contributed by atoms with Gasteiger partial charge < -0.3 is 8.98 Å². The van der Waals surface area contributed by atoms with Gasteiger partial charge in [-0.2, -0.15) is 0 Å². The number of fused-ring (bicyclic) bond motifs is 12. The summed E-state index contributed by atoms with van der Waals surface area (Å²) in [5.41, 5.74) is 32.3. The highest BCUT2D eigenvalue weighted by molar-refractivity contribution is 7.26. The largest absolute Gasteiger partial charge is 0.456 e. The quantitative estimate of drug-likeness (QED) is 0.168. The van der Waals surface area contributed by atoms with Crippen molar-refractivity contribution < 1.29 is 4.42 Å². The van der Waals surface area contributed by atoms with Crippen molar-refractivity contribution in [2.45, 2.75) is 74.7 Å². The van der Waals surface area contributed by atoms with Gasteiger partial charge in [0, 0.05) is 52.8 Å². The second kappa shape index (κ2) is 37.5. The standard InChI is InChI=1S/C19H15N.C19H16.C16H16.C13H10O.C13H10S.2C13H12.C7H8/c1-14-11-12-17-16-9-5-6-10-18(16)20(19(17)13-14)15-7-3-2-4-8-15;1-15-12-18(16-8-4-2-5-9-16)14-19(13-15)17-10-6-3-7-11-17;1-11-8-9-13-12-6-4-5-7-14(12)16(2,3)15(13)10-11;2*1-9-5-4-7-11-10-6-2-3-8-12(10)14-13(9)11;1-11-6-5-9-13(10-11)12-7-3-2-4-8-12;1-11-7-9-13(10-8-11)12-5-3-2-4-6-12;1-7-5-3-2-4-6-7/h2-13H,1H3;2-14H,1H3;4-10H,1-3H3;2*2-8H,1H3;2*2-10H,1H3;2-6H,1H3. The molecule has 21 rings (SSSR count). The van der Waals surface area contributed by atoms with Gasteiger partial charge in [0.15, 0.2) is 0 Å². The number of benzene rings is 17. The van der Waals surface area contributed by atoms with Gasteiger partial charge in [0.25, 0.3) is 0 Å². The van der Waals surface area contributed by atoms with E-state index in [-0.39, 0.29) is 5.41 Å². The SMILES string of the molecule is Cc1cc(-c2ccccc2)cc(-c2ccccc2)c1.Cc1ccc(-c2ccccc2)cc1.Cc1ccc2c(c1)C(C)(C)c1ccccc1-2.Cc1ccc2c3ccccc3n(-c3ccccc3)c2c1.Cc1cccc(-c2ccccc2)c1.Cc1cccc2c1oc1ccccc12.Cc1cccc2c1sc1ccccc12.Cc1ccccc1. The average Bonchev–Trinajstić information content (AvgIpc) is 1.60. The topological polar surface area (TPSA) is 18.1 Å². The Morgan fingerprint density at radius 3 is 1.28 bits per heavy atom. The Balaban J connectivity index is 0.000000111. The number of furan rings is 1. The molecule has 0 atom stereocenters. The summed E-state index contributed by atoms with van der Waals surface area (Å²) in [6.07, 6.45) is 0. The van der Waals surface area contributed by atoms with Crippen molar-refractivity contribution in [3.63, 3.8) is 0 Å². The predicted octanol–water partition coefficient (Wildman–Crippen LogP) is 32.3. The lowest BCUT2D eigenvalue weighted by atomic mass is 9.82. The van der Waals surface area contributed by atoms with E-state index in [1.54, 1.807) is 0 Å². The fourth-order valence-electron chi connectivity index (χ4n) is 15.3. The van der Waals surface area contributed by atoms with Crippen LogP contribution in [-0.2, 0) is 5.41 Å². The van der Waals surface area contributed by atoms with Crippen LogP contribution in [-0.4, -0.2) is 4.57 Å². The van der Waals surface area contributed by atoms with Crippen LogP contribution >= 0.6 is 11.3 Å². The van der Waals surface area contributed by atoms with Crippen LogP contribution in [0.2, 0.25) is 0 Å². The molecule has 116 heavy (non-hydrogen) atoms. The number of hydrogen-bond acceptors (Lipinski definition) is 2. The number of thiophene rings is 1. The molecule has 2 nitrogen and oxygen atoms in total. The molecule has 17 aromatic carbocycles. The van der Waals surface area contributed by atoms with E-state index in [0.717, 1.165) is 11.2 Å². The second-order valence-corrected chi connectivity index (χ2v) is 31.5. The molecule has 20 aromatic rings. The van der Waals surface area contributed by atoms with E-state index in [9.17, 15) is 0 Å². The molecule has 0 fully saturated rings. The number of aromatic nitrogens is 1. The van der Waals surface area contributed by atoms with Crippen molar-refractivity contribution in [2.24, 2.45) is 0 Å². The van der Waals surface area contributed by atoms with Gasteiger partial charge in [-0.15, -0.1) is 11.3 Å². The van der Waals surface area contributed by atoms with Gasteiger partial charge in [-0.3, -0.25) is 0 Å². The summed E-state index contributed by atoms with van der Waals surface area (Å²) in [6.45, 7) is 21.7. The van der Waals surface area contributed by atoms with Crippen molar-refractivity contribution >= 4 is 75.3 Å². The fraction of sp³-hybridized carbons (Fsp3) is 0.0973. The number of para-hydroxylation sites is 4. The zero-order chi connectivity index (χ0) is 80.3. The number of nitrogens with zero attached hydrogens (tertiary/aromatic N) is 1. The number of rotatable bonds is 5. The molecule has 0 spiro atoms. The first kappa shape index (κ1) is 79.2. The van der Waals surface area contributed by atoms with Gasteiger partial charge in [-0.1, -0.05) is 412 Å². The van der Waals surface area contributed by atoms with Gasteiger partial charge >= 0.3 is 0 Å². The summed E-state index contributed by atoms with van der Waals surface area (Å²) in [7, 11) is 0. The highest BCUT2D eigenvalue weighted by atomic mass is 32.1. The van der Waals surface area contributed by atoms with Gasteiger partial charge in [0.05, 0.1) is 11.0 Å². The Kier molecular flexibility index (Phi) is 25.6. The van der Waals surface area contributed by atoms with E-state index in [0.29, 0.717) is 0 Å². The Morgan fingerprint density at radius 2 is 0.655 bits per heavy atom. The first-order chi connectivity index (χ1) is 56.6. The monoisotopic (exact) mass is 1520 g/mol. The summed E-state index contributed by atoms with van der Waals surface area (Å²) < 4.78 is 10.9. The van der Waals surface area contributed by atoms with Crippen LogP contribution in [0.3, 0.4) is 0 Å². The minimum atomic E-state index is 0.151. The maximum Gasteiger partial charge on any atom is 0.138 e. The third-order valence-electron chi connectivity index (χ3n) is 21.3. The summed E-state index contributed by atoms with van der Waals surface area (Å²) in [6, 6.07) is 147. The molecular formula is C113H99NOS. The van der Waals surface area contributed by atoms with E-state index in [1.807, 2.05) is 59.9 Å². The maximum absolute atomic E-state index is 5.78. The van der Waals surface area contributed by atoms with Crippen LogP contribution < -0.4 is 0 Å². The summed E-state index contributed by atoms with van der Waals surface area (Å²) >= 11 is 1.89. The number of hydrogen-bond donors (Lipinski definition) is 0. The molecule has 0 bridgehead atoms. The van der Waals surface area contributed by atoms with Crippen LogP contribution in [0.4, 0.5) is 0 Å². The minimum absolute atomic E-state index is 0.151. The molecule has 0 aliphatic heterocycles. The Labute approximate surface area is 689 Å². The van der Waals surface area contributed by atoms with Crippen molar-refractivity contribution in [1.29, 1.82) is 0 Å². The Bertz CT molecular complexity index is 6420. The highest BCUT2D eigenvalue weighted by Gasteiger charge is 2.35. The van der Waals surface area contributed by atoms with Crippen molar-refractivity contribution in [1.82, 2.24) is 4.57 Å². The molecule has 0 amide bonds. The predicted molar refractivity (Wildman–Crippen MR) is 503 cm³/mol. The molecule has 3 heteroatoms. The van der Waals surface area contributed by atoms with Crippen LogP contribution in [0.1, 0.15) is 69.5 Å². The highest BCUT2D eigenvalue weighted by Crippen LogP contribution is 2.49. The van der Waals surface area contributed by atoms with Gasteiger partial charge in [0.1, 0.15) is 11.2 Å². The first-order valence-electron chi connectivity index (χ1n) is 40.1. The lowest BCUT2D eigenvalue weighted by Gasteiger charge is -2.21. The zero-order valence-corrected chi connectivity index (χ0v) is 68.9. The Hall–Kier alpha value is -13.4. The van der Waals surface area contributed by atoms with E-state index in [2.05, 4.69) is 444 Å². The second-order valence-electron chi connectivity index (χ2n) is 30.5. The smallest absolute Gasteiger partial charge is 0.138 e. The molecule has 3 heterocycles. The van der Waals surface area contributed by atoms with Crippen LogP contribution in [0.25, 0.3) is 125 Å². The van der Waals surface area contributed by atoms with Crippen molar-refractivity contribution in [3.8, 4) is 61.3 Å². The molecule has 3 aromatic heterocycles. The molecule has 568 valence electrons. The van der Waals surface area contributed by atoms with Gasteiger partial charge in [-0.25, -0.2) is 0 Å². The zero-order valence-electron chi connectivity index (χ0n) is 68.1. The van der Waals surface area contributed by atoms with E-state index in [4.69, 9.17) is 4.42 Å². The molecule has 0 unspecified atom stereocenters. The summed E-state index contributed by atoms with van der Waals surface area (Å²) in [5, 5.41) is 7.81. The maximum atomic E-state index is 5.78. The normalized spacial score (nSPS) is 11.3. The van der Waals surface area contributed by atoms with E-state index >= 15 is 0 Å². The molecule has 0 saturated heterocycles. The summed E-state index contributed by atoms with van der Waals surface area (Å²) in [5.74, 6) is 0. The van der Waals surface area contributed by atoms with Crippen LogP contribution in [0, 0.1) is 55.4 Å². The summed E-state index contributed by atoms with van der Waals surface area (Å²) in [4.78, 5) is 0. The molecule has 0 saturated carbocycles. The van der Waals surface area contributed by atoms with Gasteiger partial charge in [-0.05, 0) is 187 Å². The average molecular weight is 1520 g/mol. The third kappa shape index (κ3) is 19.1. The van der Waals surface area contributed by atoms with Crippen LogP contribution in [0.15, 0.2) is 423 Å². The fourth-order valence-corrected chi connectivity index (χ4v) is 16.4. The van der Waals surface area contributed by atoms with E-state index in [1.165, 1.54) is 170 Å². The molecular weight excluding hydrogens is 1420 g/mol. The molecule has 0 radical (unpaired) electrons. The molecule has 0 N–H and O–H groups in total. The van der Waals surface area contributed by atoms with Crippen molar-refractivity contribution in [2.75, 3.05) is 0 Å². The molecule has 1 aliphatic carbocycles. The first-order valence-corrected chi connectivity index (χ1v) is 40.9. The van der Waals surface area contributed by atoms with Gasteiger partial charge in [0.2, 0.25) is 0 Å². The molecule has 1 aliphatic rings. The third-order valence-corrected chi connectivity index (χ3v) is 22.6. The lowest BCUT2D eigenvalue weighted by molar-refractivity contribution is 0.660. The minimum Gasteiger partial charge on any atom is -0.456 e. The Morgan fingerprint density at radius 1 is 0.241 bits per heavy atom. The number of aryl methyl sites for hydroxylation is 8.